The number of oxime groups is 1. The number of fused-ring (bicyclic) bond motifs is 1. The zero-order chi connectivity index (χ0) is 29.3. The Labute approximate surface area is 248 Å². The molecule has 1 saturated heterocycles. The number of anilines is 1. The monoisotopic (exact) mass is 640 g/mol. The highest BCUT2D eigenvalue weighted by Crippen LogP contribution is 2.46. The summed E-state index contributed by atoms with van der Waals surface area (Å²) >= 11 is 5.01. The molecule has 1 amide bonds. The SMILES string of the molecule is Nc1nc(/C(=N/OCC2CN([O-])CC(O)C2=O)C(=O)N[C@@H]2C(=O)C3C(C(=O)O)=C(CSc4cnns4)CS[C@@H]32)cs1. The molecule has 5 rings (SSSR count). The number of aliphatic carboxylic acids is 1. The molecule has 2 aromatic heterocycles. The highest BCUT2D eigenvalue weighted by Gasteiger charge is 2.56. The van der Waals surface area contributed by atoms with E-state index in [9.17, 15) is 34.6 Å². The molecule has 4 heterocycles. The van der Waals surface area contributed by atoms with Gasteiger partial charge in [-0.2, -0.15) is 11.8 Å². The van der Waals surface area contributed by atoms with Gasteiger partial charge in [0.2, 0.25) is 0 Å². The number of aliphatic hydroxyl groups excluding tert-OH is 1. The summed E-state index contributed by atoms with van der Waals surface area (Å²) < 4.78 is 4.61. The summed E-state index contributed by atoms with van der Waals surface area (Å²) in [4.78, 5) is 60.0. The van der Waals surface area contributed by atoms with Crippen molar-refractivity contribution >= 4 is 80.7 Å². The third-order valence-electron chi connectivity index (χ3n) is 6.60. The van der Waals surface area contributed by atoms with Crippen LogP contribution in [0.1, 0.15) is 5.69 Å². The number of nitrogens with one attached hydrogen (secondary N) is 1. The number of nitrogens with zero attached hydrogens (tertiary/aromatic N) is 5. The number of piperidine rings is 1. The van der Waals surface area contributed by atoms with Crippen molar-refractivity contribution < 1.29 is 34.2 Å². The molecule has 0 spiro atoms. The van der Waals surface area contributed by atoms with E-state index in [1.54, 1.807) is 6.20 Å². The Hall–Kier alpha value is -2.94. The van der Waals surface area contributed by atoms with Crippen molar-refractivity contribution in [3.63, 3.8) is 0 Å². The highest BCUT2D eigenvalue weighted by molar-refractivity contribution is 8.02. The molecule has 5 atom stereocenters. The van der Waals surface area contributed by atoms with Crippen LogP contribution in [0.4, 0.5) is 5.13 Å². The summed E-state index contributed by atoms with van der Waals surface area (Å²) in [5.74, 6) is -4.10. The Morgan fingerprint density at radius 1 is 1.32 bits per heavy atom. The van der Waals surface area contributed by atoms with Crippen LogP contribution in [0, 0.1) is 17.0 Å². The number of carbonyl (C=O) groups excluding carboxylic acids is 3. The second kappa shape index (κ2) is 12.5. The minimum Gasteiger partial charge on any atom is -0.785 e. The van der Waals surface area contributed by atoms with Crippen LogP contribution >= 0.6 is 46.4 Å². The van der Waals surface area contributed by atoms with E-state index in [-0.39, 0.29) is 41.8 Å². The van der Waals surface area contributed by atoms with Crippen molar-refractivity contribution in [3.05, 3.63) is 33.6 Å². The van der Waals surface area contributed by atoms with Gasteiger partial charge in [0.05, 0.1) is 18.0 Å². The molecule has 0 radical (unpaired) electrons. The number of aliphatic hydroxyl groups is 1. The lowest BCUT2D eigenvalue weighted by Gasteiger charge is -2.46. The van der Waals surface area contributed by atoms with E-state index >= 15 is 0 Å². The van der Waals surface area contributed by atoms with Crippen molar-refractivity contribution in [2.75, 3.05) is 36.9 Å². The Morgan fingerprint density at radius 2 is 2.12 bits per heavy atom. The molecule has 0 bridgehead atoms. The number of nitrogen functional groups attached to an aromatic ring is 1. The van der Waals surface area contributed by atoms with Gasteiger partial charge < -0.3 is 36.4 Å². The molecule has 3 unspecified atom stereocenters. The van der Waals surface area contributed by atoms with Crippen molar-refractivity contribution in [1.82, 2.24) is 25.0 Å². The van der Waals surface area contributed by atoms with E-state index in [1.165, 1.54) is 40.4 Å². The summed E-state index contributed by atoms with van der Waals surface area (Å²) in [5.41, 5.74) is 6.14. The number of thioether (sulfide) groups is 2. The van der Waals surface area contributed by atoms with Gasteiger partial charge in [-0.05, 0) is 23.7 Å². The number of ketones is 2. The zero-order valence-corrected chi connectivity index (χ0v) is 24.1. The van der Waals surface area contributed by atoms with Gasteiger partial charge in [-0.3, -0.25) is 14.4 Å². The number of aromatic nitrogens is 3. The predicted octanol–water partition coefficient (Wildman–Crippen LogP) is -0.370. The first-order valence-electron chi connectivity index (χ1n) is 12.0. The number of hydrogen-bond donors (Lipinski definition) is 4. The van der Waals surface area contributed by atoms with E-state index in [0.29, 0.717) is 22.1 Å². The molecule has 2 aliphatic heterocycles. The van der Waals surface area contributed by atoms with Crippen LogP contribution < -0.4 is 11.1 Å². The molecular weight excluding hydrogens is 619 g/mol. The Bertz CT molecular complexity index is 1410. The fourth-order valence-electron chi connectivity index (χ4n) is 4.62. The van der Waals surface area contributed by atoms with Crippen LogP contribution in [0.5, 0.6) is 0 Å². The number of hydrogen-bond acceptors (Lipinski definition) is 17. The van der Waals surface area contributed by atoms with Gasteiger partial charge in [-0.25, -0.2) is 9.78 Å². The van der Waals surface area contributed by atoms with Crippen LogP contribution in [0.15, 0.2) is 32.1 Å². The highest BCUT2D eigenvalue weighted by atomic mass is 32.2. The molecule has 3 aliphatic rings. The molecule has 1 aliphatic carbocycles. The summed E-state index contributed by atoms with van der Waals surface area (Å²) in [5, 5.41) is 43.2. The van der Waals surface area contributed by atoms with Crippen LogP contribution in [-0.2, 0) is 24.0 Å². The molecule has 218 valence electrons. The number of carboxylic acids is 1. The Kier molecular flexibility index (Phi) is 9.02. The number of carboxylic acid groups (broad SMARTS) is 1. The zero-order valence-electron chi connectivity index (χ0n) is 20.9. The third-order valence-corrected chi connectivity index (χ3v) is 10.6. The number of hydroxylamine groups is 2. The molecule has 15 nitrogen and oxygen atoms in total. The fraction of sp³-hybridized carbons (Fsp3) is 0.455. The first-order valence-corrected chi connectivity index (χ1v) is 15.7. The van der Waals surface area contributed by atoms with E-state index in [2.05, 4.69) is 25.0 Å². The van der Waals surface area contributed by atoms with Crippen LogP contribution in [0.3, 0.4) is 0 Å². The van der Waals surface area contributed by atoms with Gasteiger partial charge in [-0.15, -0.1) is 28.2 Å². The van der Waals surface area contributed by atoms with Gasteiger partial charge in [0.1, 0.15) is 28.7 Å². The average molecular weight is 641 g/mol. The molecular formula is C22H22N7O8S4-. The quantitative estimate of drug-likeness (QED) is 0.147. The largest absolute Gasteiger partial charge is 0.785 e. The molecule has 2 fully saturated rings. The number of carbonyl (C=O) groups is 4. The van der Waals surface area contributed by atoms with Crippen molar-refractivity contribution in [2.45, 2.75) is 21.6 Å². The summed E-state index contributed by atoms with van der Waals surface area (Å²) in [6.07, 6.45) is 0.141. The maximum Gasteiger partial charge on any atom is 0.332 e. The summed E-state index contributed by atoms with van der Waals surface area (Å²) in [6.45, 7) is -0.907. The molecule has 2 aromatic rings. The van der Waals surface area contributed by atoms with E-state index in [1.807, 2.05) is 0 Å². The molecule has 19 heteroatoms. The predicted molar refractivity (Wildman–Crippen MR) is 150 cm³/mol. The van der Waals surface area contributed by atoms with Gasteiger partial charge in [-0.1, -0.05) is 9.64 Å². The normalized spacial score (nSPS) is 26.9. The lowest BCUT2D eigenvalue weighted by Crippen LogP contribution is -2.66. The van der Waals surface area contributed by atoms with Crippen molar-refractivity contribution in [1.29, 1.82) is 0 Å². The topological polar surface area (TPSA) is 233 Å². The smallest absolute Gasteiger partial charge is 0.332 e. The van der Waals surface area contributed by atoms with Crippen molar-refractivity contribution in [3.8, 4) is 0 Å². The molecule has 0 aromatic carbocycles. The third kappa shape index (κ3) is 6.30. The van der Waals surface area contributed by atoms with Gasteiger partial charge in [0.25, 0.3) is 5.91 Å². The lowest BCUT2D eigenvalue weighted by atomic mass is 9.71. The van der Waals surface area contributed by atoms with Crippen LogP contribution in [-0.4, -0.2) is 108 Å². The molecule has 1 saturated carbocycles. The van der Waals surface area contributed by atoms with Gasteiger partial charge >= 0.3 is 5.97 Å². The summed E-state index contributed by atoms with van der Waals surface area (Å²) in [6, 6.07) is -0.975. The summed E-state index contributed by atoms with van der Waals surface area (Å²) in [7, 11) is 0. The van der Waals surface area contributed by atoms with Gasteiger partial charge in [0.15, 0.2) is 22.4 Å². The Balaban J connectivity index is 1.28. The fourth-order valence-corrected chi connectivity index (χ4v) is 8.26. The number of amides is 1. The lowest BCUT2D eigenvalue weighted by molar-refractivity contribution is -0.139. The Morgan fingerprint density at radius 3 is 2.80 bits per heavy atom. The maximum absolute atomic E-state index is 13.3. The first kappa shape index (κ1) is 29.5. The molecule has 5 N–H and O–H groups in total. The maximum atomic E-state index is 13.3. The van der Waals surface area contributed by atoms with Crippen LogP contribution in [0.25, 0.3) is 0 Å². The van der Waals surface area contributed by atoms with E-state index in [0.717, 1.165) is 15.5 Å². The number of nitrogens with two attached hydrogens (primary N) is 1. The standard InChI is InChI=1S/C22H22N7O8S4/c23-22-25-10(7-40-22)15(27-37-4-8-2-29(36)3-11(30)17(8)31)20(33)26-16-18(32)14-13(21(34)35)9(6-39-19(14)16)5-38-12-1-24-28-41-12/h1,7-8,11,14,16,19,30H,2-6H2,(H2,23,25)(H,26,33)(H,34,35)/q-1/b27-15-/t8?,11?,14?,16-,19+/m1/s1. The minimum absolute atomic E-state index is 0.0467. The van der Waals surface area contributed by atoms with E-state index in [4.69, 9.17) is 10.6 Å². The number of Topliss-reactive ketones (excluding diaryl/α,β-unsaturated/α-hetero) is 2. The molecule has 41 heavy (non-hydrogen) atoms. The number of β-amino-alcohol motifs (C(OH)–C–C–N with tert-alkyl or cyclic N) is 1. The number of rotatable bonds is 10. The second-order valence-electron chi connectivity index (χ2n) is 9.22. The average Bonchev–Trinajstić information content (AvgIpc) is 3.62. The van der Waals surface area contributed by atoms with Crippen LogP contribution in [0.2, 0.25) is 0 Å². The number of thiazole rings is 1. The minimum atomic E-state index is -1.45. The second-order valence-corrected chi connectivity index (χ2v) is 13.3. The van der Waals surface area contributed by atoms with Crippen molar-refractivity contribution in [2.24, 2.45) is 17.0 Å². The first-order chi connectivity index (χ1) is 19.6. The van der Waals surface area contributed by atoms with Gasteiger partial charge in [0, 0.05) is 34.3 Å². The van der Waals surface area contributed by atoms with E-state index < -0.39 is 52.7 Å².